The average Bonchev–Trinajstić information content (AvgIpc) is 3.19. The van der Waals surface area contributed by atoms with Crippen LogP contribution in [-0.4, -0.2) is 25.4 Å². The number of benzene rings is 3. The molecule has 3 aromatic carbocycles. The zero-order valence-electron chi connectivity index (χ0n) is 18.6. The third-order valence-corrected chi connectivity index (χ3v) is 7.99. The van der Waals surface area contributed by atoms with Crippen LogP contribution < -0.4 is 4.90 Å². The number of anilines is 1. The molecule has 0 saturated heterocycles. The number of nitrogens with zero attached hydrogens (tertiary/aromatic N) is 2. The lowest BCUT2D eigenvalue weighted by Crippen LogP contribution is -2.37. The van der Waals surface area contributed by atoms with Crippen molar-refractivity contribution in [1.82, 2.24) is 4.57 Å². The molecule has 0 atom stereocenters. The van der Waals surface area contributed by atoms with E-state index in [1.165, 1.54) is 5.56 Å². The first-order valence-electron chi connectivity index (χ1n) is 11.2. The van der Waals surface area contributed by atoms with E-state index < -0.39 is 9.84 Å². The molecule has 0 spiro atoms. The first-order valence-corrected chi connectivity index (χ1v) is 12.8. The predicted molar refractivity (Wildman–Crippen MR) is 131 cm³/mol. The average molecular weight is 459 g/mol. The molecule has 168 valence electrons. The van der Waals surface area contributed by atoms with Crippen molar-refractivity contribution in [3.63, 3.8) is 0 Å². The van der Waals surface area contributed by atoms with Crippen LogP contribution in [0.25, 0.3) is 10.9 Å². The van der Waals surface area contributed by atoms with E-state index in [2.05, 4.69) is 6.07 Å². The molecule has 1 aliphatic heterocycles. The molecule has 4 aromatic rings. The van der Waals surface area contributed by atoms with Crippen molar-refractivity contribution in [2.24, 2.45) is 0 Å². The number of fused-ring (bicyclic) bond motifs is 2. The zero-order valence-corrected chi connectivity index (χ0v) is 19.4. The van der Waals surface area contributed by atoms with Gasteiger partial charge in [0.25, 0.3) is 0 Å². The maximum Gasteiger partial charge on any atom is 0.246 e. The van der Waals surface area contributed by atoms with E-state index in [4.69, 9.17) is 0 Å². The molecule has 0 saturated carbocycles. The summed E-state index contributed by atoms with van der Waals surface area (Å²) in [5, 5.41) is 0.649. The van der Waals surface area contributed by atoms with E-state index in [9.17, 15) is 13.2 Å². The number of hydrogen-bond acceptors (Lipinski definition) is 3. The van der Waals surface area contributed by atoms with Gasteiger partial charge in [0.15, 0.2) is 9.84 Å². The smallest absolute Gasteiger partial charge is 0.246 e. The normalized spacial score (nSPS) is 13.8. The van der Waals surface area contributed by atoms with E-state index in [1.54, 1.807) is 10.8 Å². The molecule has 0 radical (unpaired) electrons. The molecule has 2 heterocycles. The molecule has 0 fully saturated rings. The van der Waals surface area contributed by atoms with E-state index in [-0.39, 0.29) is 23.1 Å². The van der Waals surface area contributed by atoms with E-state index in [0.29, 0.717) is 11.9 Å². The van der Waals surface area contributed by atoms with Crippen LogP contribution >= 0.6 is 0 Å². The van der Waals surface area contributed by atoms with Crippen LogP contribution in [-0.2, 0) is 33.4 Å². The molecule has 0 N–H and O–H groups in total. The molecule has 0 unspecified atom stereocenters. The molecule has 0 aliphatic carbocycles. The highest BCUT2D eigenvalue weighted by molar-refractivity contribution is 7.90. The summed E-state index contributed by atoms with van der Waals surface area (Å²) in [6, 6.07) is 22.9. The minimum atomic E-state index is -3.59. The van der Waals surface area contributed by atoms with Gasteiger partial charge >= 0.3 is 0 Å². The predicted octanol–water partition coefficient (Wildman–Crippen LogP) is 4.90. The van der Waals surface area contributed by atoms with Crippen LogP contribution in [0, 0.1) is 6.92 Å². The van der Waals surface area contributed by atoms with E-state index in [0.717, 1.165) is 35.2 Å². The lowest BCUT2D eigenvalue weighted by Gasteiger charge is -2.29. The Kier molecular flexibility index (Phi) is 5.54. The van der Waals surface area contributed by atoms with Crippen molar-refractivity contribution in [2.75, 3.05) is 11.4 Å². The first-order chi connectivity index (χ1) is 15.9. The maximum atomic E-state index is 13.4. The molecule has 1 aliphatic rings. The van der Waals surface area contributed by atoms with Crippen molar-refractivity contribution < 1.29 is 13.2 Å². The Labute approximate surface area is 194 Å². The topological polar surface area (TPSA) is 59.4 Å². The van der Waals surface area contributed by atoms with Gasteiger partial charge in [-0.2, -0.15) is 0 Å². The van der Waals surface area contributed by atoms with Gasteiger partial charge in [-0.15, -0.1) is 0 Å². The number of aryl methyl sites for hydroxylation is 2. The number of aromatic nitrogens is 1. The fourth-order valence-electron chi connectivity index (χ4n) is 4.60. The third kappa shape index (κ3) is 4.18. The summed E-state index contributed by atoms with van der Waals surface area (Å²) < 4.78 is 28.5. The highest BCUT2D eigenvalue weighted by Gasteiger charge is 2.25. The van der Waals surface area contributed by atoms with Gasteiger partial charge in [-0.3, -0.25) is 4.79 Å². The van der Waals surface area contributed by atoms with Crippen LogP contribution in [0.5, 0.6) is 0 Å². The number of sulfone groups is 1. The zero-order chi connectivity index (χ0) is 23.0. The van der Waals surface area contributed by atoms with Crippen LogP contribution in [0.15, 0.2) is 83.9 Å². The number of carbonyl (C=O) groups is 1. The highest BCUT2D eigenvalue weighted by Crippen LogP contribution is 2.30. The fraction of sp³-hybridized carbons (Fsp3) is 0.222. The van der Waals surface area contributed by atoms with E-state index in [1.807, 2.05) is 78.6 Å². The van der Waals surface area contributed by atoms with Gasteiger partial charge < -0.3 is 9.47 Å². The molecule has 5 nitrogen and oxygen atoms in total. The Morgan fingerprint density at radius 3 is 2.48 bits per heavy atom. The Morgan fingerprint density at radius 1 is 0.939 bits per heavy atom. The van der Waals surface area contributed by atoms with Crippen LogP contribution in [0.1, 0.15) is 23.1 Å². The summed E-state index contributed by atoms with van der Waals surface area (Å²) in [4.78, 5) is 15.4. The van der Waals surface area contributed by atoms with Gasteiger partial charge in [0.1, 0.15) is 6.54 Å². The molecule has 1 aromatic heterocycles. The van der Waals surface area contributed by atoms with Crippen LogP contribution in [0.3, 0.4) is 0 Å². The Morgan fingerprint density at radius 2 is 1.67 bits per heavy atom. The third-order valence-electron chi connectivity index (χ3n) is 6.28. The SMILES string of the molecule is Cc1ccc(CS(=O)(=O)c2cn(CC(=O)N3CCCc4ccccc43)c3ccccc23)cc1. The second-order valence-electron chi connectivity index (χ2n) is 8.66. The second kappa shape index (κ2) is 8.52. The fourth-order valence-corrected chi connectivity index (χ4v) is 6.18. The summed E-state index contributed by atoms with van der Waals surface area (Å²) in [7, 11) is -3.59. The monoisotopic (exact) mass is 458 g/mol. The number of hydrogen-bond donors (Lipinski definition) is 0. The Balaban J connectivity index is 1.48. The molecular formula is C27H26N2O3S. The van der Waals surface area contributed by atoms with Gasteiger partial charge in [0.2, 0.25) is 5.91 Å². The lowest BCUT2D eigenvalue weighted by molar-refractivity contribution is -0.119. The molecule has 33 heavy (non-hydrogen) atoms. The second-order valence-corrected chi connectivity index (χ2v) is 10.6. The van der Waals surface area contributed by atoms with Gasteiger partial charge in [-0.25, -0.2) is 8.42 Å². The first kappa shape index (κ1) is 21.5. The van der Waals surface area contributed by atoms with Gasteiger partial charge in [0.05, 0.1) is 10.6 Å². The van der Waals surface area contributed by atoms with Crippen molar-refractivity contribution >= 4 is 32.3 Å². The standard InChI is InChI=1S/C27H26N2O3S/c1-20-12-14-21(15-13-20)19-33(31,32)26-17-28(25-11-5-3-9-23(25)26)18-27(30)29-16-6-8-22-7-2-4-10-24(22)29/h2-5,7,9-15,17H,6,8,16,18-19H2,1H3. The van der Waals surface area contributed by atoms with Crippen LogP contribution in [0.2, 0.25) is 0 Å². The summed E-state index contributed by atoms with van der Waals surface area (Å²) >= 11 is 0. The van der Waals surface area contributed by atoms with Gasteiger partial charge in [-0.1, -0.05) is 66.2 Å². The summed E-state index contributed by atoms with van der Waals surface area (Å²) in [6.45, 7) is 2.74. The summed E-state index contributed by atoms with van der Waals surface area (Å²) in [6.07, 6.45) is 3.51. The largest absolute Gasteiger partial charge is 0.337 e. The lowest BCUT2D eigenvalue weighted by atomic mass is 10.0. The summed E-state index contributed by atoms with van der Waals surface area (Å²) in [5.74, 6) is -0.111. The van der Waals surface area contributed by atoms with Crippen molar-refractivity contribution in [1.29, 1.82) is 0 Å². The maximum absolute atomic E-state index is 13.4. The highest BCUT2D eigenvalue weighted by atomic mass is 32.2. The number of amides is 1. The Hall–Kier alpha value is -3.38. The molecule has 5 rings (SSSR count). The Bertz CT molecular complexity index is 1440. The van der Waals surface area contributed by atoms with Crippen molar-refractivity contribution in [3.8, 4) is 0 Å². The molecule has 0 bridgehead atoms. The summed E-state index contributed by atoms with van der Waals surface area (Å²) in [5.41, 5.74) is 4.72. The van der Waals surface area contributed by atoms with Gasteiger partial charge in [0, 0.05) is 29.3 Å². The van der Waals surface area contributed by atoms with Crippen LogP contribution in [0.4, 0.5) is 5.69 Å². The number of rotatable bonds is 5. The van der Waals surface area contributed by atoms with Gasteiger partial charge in [-0.05, 0) is 43.0 Å². The number of carbonyl (C=O) groups excluding carboxylic acids is 1. The minimum Gasteiger partial charge on any atom is -0.337 e. The number of para-hydroxylation sites is 2. The van der Waals surface area contributed by atoms with Crippen molar-refractivity contribution in [2.45, 2.75) is 37.0 Å². The quantitative estimate of drug-likeness (QED) is 0.427. The molecule has 6 heteroatoms. The van der Waals surface area contributed by atoms with Crippen molar-refractivity contribution in [3.05, 3.63) is 95.7 Å². The molecule has 1 amide bonds. The van der Waals surface area contributed by atoms with E-state index >= 15 is 0 Å². The minimum absolute atomic E-state index is 0.0367. The molecular weight excluding hydrogens is 432 g/mol.